The predicted octanol–water partition coefficient (Wildman–Crippen LogP) is 0.173. The molecule has 19 heavy (non-hydrogen) atoms. The van der Waals surface area contributed by atoms with Crippen molar-refractivity contribution in [1.82, 2.24) is 4.90 Å². The lowest BCUT2D eigenvalue weighted by molar-refractivity contribution is -0.154. The van der Waals surface area contributed by atoms with Crippen LogP contribution in [0.2, 0.25) is 0 Å². The van der Waals surface area contributed by atoms with Crippen molar-refractivity contribution in [3.8, 4) is 6.07 Å². The van der Waals surface area contributed by atoms with Gasteiger partial charge < -0.3 is 15.4 Å². The number of nitrogens with two attached hydrogens (primary N) is 1. The van der Waals surface area contributed by atoms with E-state index >= 15 is 0 Å². The molecule has 1 atom stereocenters. The van der Waals surface area contributed by atoms with Gasteiger partial charge in [0.05, 0.1) is 19.3 Å². The van der Waals surface area contributed by atoms with Crippen molar-refractivity contribution in [2.24, 2.45) is 11.1 Å². The summed E-state index contributed by atoms with van der Waals surface area (Å²) in [4.78, 5) is 25.5. The van der Waals surface area contributed by atoms with Gasteiger partial charge in [0.25, 0.3) is 0 Å². The standard InChI is InChI=1S/C13H19N3O3/c14-9-13(4-2-1-3-5-13)12(18)16-6-7-19-8-10(16)11(15)17/h10H,1-8H2,(H2,15,17). The first kappa shape index (κ1) is 13.8. The average Bonchev–Trinajstić information content (AvgIpc) is 2.47. The van der Waals surface area contributed by atoms with E-state index < -0.39 is 17.4 Å². The van der Waals surface area contributed by atoms with Gasteiger partial charge >= 0.3 is 0 Å². The molecule has 1 unspecified atom stereocenters. The summed E-state index contributed by atoms with van der Waals surface area (Å²) in [5.41, 5.74) is 4.34. The number of rotatable bonds is 2. The maximum atomic E-state index is 12.7. The van der Waals surface area contributed by atoms with Crippen molar-refractivity contribution >= 4 is 11.8 Å². The van der Waals surface area contributed by atoms with Crippen molar-refractivity contribution < 1.29 is 14.3 Å². The van der Waals surface area contributed by atoms with E-state index in [4.69, 9.17) is 10.5 Å². The molecule has 2 aliphatic rings. The summed E-state index contributed by atoms with van der Waals surface area (Å²) in [6.07, 6.45) is 3.96. The minimum absolute atomic E-state index is 0.128. The highest BCUT2D eigenvalue weighted by Crippen LogP contribution is 2.38. The number of hydrogen-bond acceptors (Lipinski definition) is 4. The Morgan fingerprint density at radius 3 is 2.58 bits per heavy atom. The summed E-state index contributed by atoms with van der Waals surface area (Å²) in [7, 11) is 0. The SMILES string of the molecule is N#CC1(C(=O)N2CCOCC2C(N)=O)CCCCC1. The van der Waals surface area contributed by atoms with Gasteiger partial charge in [-0.05, 0) is 12.8 Å². The van der Waals surface area contributed by atoms with Crippen molar-refractivity contribution in [2.45, 2.75) is 38.1 Å². The molecule has 6 heteroatoms. The molecular formula is C13H19N3O3. The summed E-state index contributed by atoms with van der Waals surface area (Å²) in [5, 5.41) is 9.42. The zero-order valence-electron chi connectivity index (χ0n) is 10.9. The Morgan fingerprint density at radius 2 is 2.00 bits per heavy atom. The molecule has 1 saturated heterocycles. The predicted molar refractivity (Wildman–Crippen MR) is 66.6 cm³/mol. The zero-order valence-corrected chi connectivity index (χ0v) is 10.9. The molecule has 0 aromatic rings. The molecule has 0 aromatic heterocycles. The van der Waals surface area contributed by atoms with Crippen LogP contribution in [0.5, 0.6) is 0 Å². The number of hydrogen-bond donors (Lipinski definition) is 1. The molecular weight excluding hydrogens is 246 g/mol. The fraction of sp³-hybridized carbons (Fsp3) is 0.769. The van der Waals surface area contributed by atoms with Gasteiger partial charge in [0.1, 0.15) is 11.5 Å². The van der Waals surface area contributed by atoms with Gasteiger partial charge in [0, 0.05) is 6.54 Å². The number of ether oxygens (including phenoxy) is 1. The molecule has 1 aliphatic carbocycles. The summed E-state index contributed by atoms with van der Waals surface area (Å²) >= 11 is 0. The summed E-state index contributed by atoms with van der Waals surface area (Å²) in [5.74, 6) is -0.821. The summed E-state index contributed by atoms with van der Waals surface area (Å²) < 4.78 is 5.20. The van der Waals surface area contributed by atoms with Gasteiger partial charge in [-0.2, -0.15) is 5.26 Å². The molecule has 1 saturated carbocycles. The molecule has 1 heterocycles. The fourth-order valence-electron chi connectivity index (χ4n) is 2.89. The number of nitriles is 1. The third kappa shape index (κ3) is 2.56. The Bertz CT molecular complexity index is 410. The van der Waals surface area contributed by atoms with E-state index in [2.05, 4.69) is 6.07 Å². The van der Waals surface area contributed by atoms with Crippen LogP contribution in [0.25, 0.3) is 0 Å². The lowest BCUT2D eigenvalue weighted by Gasteiger charge is -2.39. The molecule has 2 fully saturated rings. The van der Waals surface area contributed by atoms with E-state index in [9.17, 15) is 14.9 Å². The third-order valence-corrected chi connectivity index (χ3v) is 4.05. The summed E-state index contributed by atoms with van der Waals surface area (Å²) in [6, 6.07) is 1.45. The van der Waals surface area contributed by atoms with Crippen LogP contribution in [0.3, 0.4) is 0 Å². The molecule has 1 aliphatic heterocycles. The minimum Gasteiger partial charge on any atom is -0.377 e. The Hall–Kier alpha value is -1.61. The highest BCUT2D eigenvalue weighted by atomic mass is 16.5. The van der Waals surface area contributed by atoms with Crippen LogP contribution >= 0.6 is 0 Å². The number of morpholine rings is 1. The smallest absolute Gasteiger partial charge is 0.243 e. The number of amides is 2. The Labute approximate surface area is 112 Å². The first-order valence-electron chi connectivity index (χ1n) is 6.70. The van der Waals surface area contributed by atoms with Crippen LogP contribution in [0.1, 0.15) is 32.1 Å². The van der Waals surface area contributed by atoms with Gasteiger partial charge in [-0.25, -0.2) is 0 Å². The second kappa shape index (κ2) is 5.57. The normalized spacial score (nSPS) is 26.5. The second-order valence-corrected chi connectivity index (χ2v) is 5.25. The first-order chi connectivity index (χ1) is 9.10. The fourth-order valence-corrected chi connectivity index (χ4v) is 2.89. The topological polar surface area (TPSA) is 96.4 Å². The molecule has 0 aromatic carbocycles. The second-order valence-electron chi connectivity index (χ2n) is 5.25. The maximum Gasteiger partial charge on any atom is 0.243 e. The monoisotopic (exact) mass is 265 g/mol. The largest absolute Gasteiger partial charge is 0.377 e. The van der Waals surface area contributed by atoms with Gasteiger partial charge in [0.15, 0.2) is 0 Å². The minimum atomic E-state index is -0.969. The van der Waals surface area contributed by atoms with Crippen LogP contribution in [-0.4, -0.2) is 42.5 Å². The molecule has 0 bridgehead atoms. The van der Waals surface area contributed by atoms with Gasteiger partial charge in [-0.15, -0.1) is 0 Å². The van der Waals surface area contributed by atoms with E-state index in [0.717, 1.165) is 19.3 Å². The zero-order chi connectivity index (χ0) is 13.9. The molecule has 2 rings (SSSR count). The van der Waals surface area contributed by atoms with E-state index in [1.54, 1.807) is 0 Å². The number of carbonyl (C=O) groups excluding carboxylic acids is 2. The molecule has 104 valence electrons. The van der Waals surface area contributed by atoms with Crippen LogP contribution in [0.15, 0.2) is 0 Å². The van der Waals surface area contributed by atoms with Crippen molar-refractivity contribution in [3.05, 3.63) is 0 Å². The number of primary amides is 1. The van der Waals surface area contributed by atoms with Crippen LogP contribution in [0, 0.1) is 16.7 Å². The number of nitrogens with zero attached hydrogens (tertiary/aromatic N) is 2. The van der Waals surface area contributed by atoms with Crippen molar-refractivity contribution in [2.75, 3.05) is 19.8 Å². The molecule has 2 N–H and O–H groups in total. The van der Waals surface area contributed by atoms with E-state index in [0.29, 0.717) is 26.0 Å². The number of carbonyl (C=O) groups is 2. The van der Waals surface area contributed by atoms with Crippen LogP contribution in [0.4, 0.5) is 0 Å². The molecule has 0 spiro atoms. The quantitative estimate of drug-likeness (QED) is 0.769. The van der Waals surface area contributed by atoms with Gasteiger partial charge in [-0.1, -0.05) is 19.3 Å². The Balaban J connectivity index is 2.20. The van der Waals surface area contributed by atoms with E-state index in [1.807, 2.05) is 0 Å². The van der Waals surface area contributed by atoms with Crippen LogP contribution in [-0.2, 0) is 14.3 Å². The highest BCUT2D eigenvalue weighted by molar-refractivity contribution is 5.91. The molecule has 2 amide bonds. The third-order valence-electron chi connectivity index (χ3n) is 4.05. The maximum absolute atomic E-state index is 12.7. The lowest BCUT2D eigenvalue weighted by atomic mass is 9.74. The van der Waals surface area contributed by atoms with Crippen LogP contribution < -0.4 is 5.73 Å². The van der Waals surface area contributed by atoms with Gasteiger partial charge in [-0.3, -0.25) is 9.59 Å². The van der Waals surface area contributed by atoms with E-state index in [1.165, 1.54) is 4.90 Å². The van der Waals surface area contributed by atoms with Crippen molar-refractivity contribution in [1.29, 1.82) is 5.26 Å². The lowest BCUT2D eigenvalue weighted by Crippen LogP contribution is -2.58. The molecule has 0 radical (unpaired) electrons. The first-order valence-corrected chi connectivity index (χ1v) is 6.70. The highest BCUT2D eigenvalue weighted by Gasteiger charge is 2.45. The summed E-state index contributed by atoms with van der Waals surface area (Å²) in [6.45, 7) is 0.843. The van der Waals surface area contributed by atoms with E-state index in [-0.39, 0.29) is 12.5 Å². The Kier molecular flexibility index (Phi) is 4.05. The van der Waals surface area contributed by atoms with Crippen molar-refractivity contribution in [3.63, 3.8) is 0 Å². The average molecular weight is 265 g/mol. The molecule has 6 nitrogen and oxygen atoms in total. The van der Waals surface area contributed by atoms with Gasteiger partial charge in [0.2, 0.25) is 11.8 Å². The Morgan fingerprint density at radius 1 is 1.32 bits per heavy atom.